The number of carbonyl (C=O) groups excluding carboxylic acids is 1. The first kappa shape index (κ1) is 19.6. The molecule has 2 N–H and O–H groups in total. The van der Waals surface area contributed by atoms with Crippen LogP contribution in [-0.2, 0) is 11.2 Å². The van der Waals surface area contributed by atoms with Crippen molar-refractivity contribution in [1.82, 2.24) is 25.0 Å². The highest BCUT2D eigenvalue weighted by Crippen LogP contribution is 2.34. The molecule has 8 nitrogen and oxygen atoms in total. The van der Waals surface area contributed by atoms with Crippen LogP contribution in [0.2, 0.25) is 0 Å². The molecule has 8 heteroatoms. The number of nitrogens with zero attached hydrogens (tertiary/aromatic N) is 4. The van der Waals surface area contributed by atoms with Crippen LogP contribution in [0.25, 0.3) is 5.82 Å². The summed E-state index contributed by atoms with van der Waals surface area (Å²) in [5.74, 6) is 0.427. The Morgan fingerprint density at radius 2 is 2.10 bits per heavy atom. The molecule has 154 valence electrons. The lowest BCUT2D eigenvalue weighted by molar-refractivity contribution is -0.139. The van der Waals surface area contributed by atoms with Gasteiger partial charge in [0.15, 0.2) is 5.82 Å². The van der Waals surface area contributed by atoms with Gasteiger partial charge in [0.1, 0.15) is 0 Å². The SMILES string of the molecule is CCc1c(C(=O)NC2CC(N(CC(=O)O)CC3CC3)C2)cnn1-c1ccccn1. The van der Waals surface area contributed by atoms with E-state index in [2.05, 4.69) is 20.3 Å². The van der Waals surface area contributed by atoms with E-state index in [0.717, 1.165) is 25.1 Å². The number of aromatic nitrogens is 3. The second-order valence-electron chi connectivity index (χ2n) is 8.02. The molecule has 0 bridgehead atoms. The van der Waals surface area contributed by atoms with Crippen molar-refractivity contribution in [2.75, 3.05) is 13.1 Å². The fraction of sp³-hybridized carbons (Fsp3) is 0.524. The van der Waals surface area contributed by atoms with Crippen LogP contribution in [0.3, 0.4) is 0 Å². The number of hydrogen-bond acceptors (Lipinski definition) is 5. The van der Waals surface area contributed by atoms with Gasteiger partial charge in [0, 0.05) is 24.8 Å². The number of hydrogen-bond donors (Lipinski definition) is 2. The zero-order valence-corrected chi connectivity index (χ0v) is 16.6. The molecule has 2 saturated carbocycles. The molecule has 4 rings (SSSR count). The highest BCUT2D eigenvalue weighted by molar-refractivity contribution is 5.95. The summed E-state index contributed by atoms with van der Waals surface area (Å²) < 4.78 is 1.71. The summed E-state index contributed by atoms with van der Waals surface area (Å²) in [6, 6.07) is 5.91. The molecular weight excluding hydrogens is 370 g/mol. The molecule has 0 aromatic carbocycles. The average Bonchev–Trinajstić information content (AvgIpc) is 3.38. The summed E-state index contributed by atoms with van der Waals surface area (Å²) in [4.78, 5) is 30.4. The van der Waals surface area contributed by atoms with Gasteiger partial charge >= 0.3 is 5.97 Å². The van der Waals surface area contributed by atoms with Gasteiger partial charge in [0.05, 0.1) is 24.0 Å². The Balaban J connectivity index is 1.37. The Hall–Kier alpha value is -2.74. The van der Waals surface area contributed by atoms with E-state index in [1.807, 2.05) is 25.1 Å². The highest BCUT2D eigenvalue weighted by Gasteiger charge is 2.38. The van der Waals surface area contributed by atoms with E-state index in [4.69, 9.17) is 0 Å². The summed E-state index contributed by atoms with van der Waals surface area (Å²) in [5, 5.41) is 16.6. The van der Waals surface area contributed by atoms with Crippen LogP contribution in [0, 0.1) is 5.92 Å². The lowest BCUT2D eigenvalue weighted by Gasteiger charge is -2.42. The number of pyridine rings is 1. The number of carboxylic acids is 1. The van der Waals surface area contributed by atoms with E-state index in [0.29, 0.717) is 23.7 Å². The lowest BCUT2D eigenvalue weighted by Crippen LogP contribution is -2.55. The van der Waals surface area contributed by atoms with Crippen molar-refractivity contribution in [2.24, 2.45) is 5.92 Å². The van der Waals surface area contributed by atoms with Gasteiger partial charge in [-0.1, -0.05) is 13.0 Å². The fourth-order valence-corrected chi connectivity index (χ4v) is 4.00. The molecule has 2 aliphatic carbocycles. The monoisotopic (exact) mass is 397 g/mol. The van der Waals surface area contributed by atoms with Gasteiger partial charge in [-0.25, -0.2) is 9.67 Å². The third kappa shape index (κ3) is 4.48. The van der Waals surface area contributed by atoms with Gasteiger partial charge in [0.2, 0.25) is 0 Å². The summed E-state index contributed by atoms with van der Waals surface area (Å²) >= 11 is 0. The molecule has 29 heavy (non-hydrogen) atoms. The zero-order valence-electron chi connectivity index (χ0n) is 16.6. The molecule has 2 aliphatic rings. The largest absolute Gasteiger partial charge is 0.480 e. The van der Waals surface area contributed by atoms with Crippen molar-refractivity contribution < 1.29 is 14.7 Å². The van der Waals surface area contributed by atoms with E-state index < -0.39 is 5.97 Å². The van der Waals surface area contributed by atoms with Crippen molar-refractivity contribution >= 4 is 11.9 Å². The summed E-state index contributed by atoms with van der Waals surface area (Å²) in [7, 11) is 0. The summed E-state index contributed by atoms with van der Waals surface area (Å²) in [5.41, 5.74) is 1.40. The van der Waals surface area contributed by atoms with E-state index in [9.17, 15) is 14.7 Å². The molecule has 2 aromatic heterocycles. The zero-order chi connectivity index (χ0) is 20.4. The third-order valence-electron chi connectivity index (χ3n) is 5.81. The van der Waals surface area contributed by atoms with Gasteiger partial charge < -0.3 is 10.4 Å². The van der Waals surface area contributed by atoms with Gasteiger partial charge in [-0.3, -0.25) is 14.5 Å². The minimum atomic E-state index is -0.785. The van der Waals surface area contributed by atoms with Gasteiger partial charge in [-0.2, -0.15) is 5.10 Å². The first-order valence-electron chi connectivity index (χ1n) is 10.3. The summed E-state index contributed by atoms with van der Waals surface area (Å²) in [6.07, 6.45) is 7.95. The van der Waals surface area contributed by atoms with Gasteiger partial charge in [-0.15, -0.1) is 0 Å². The molecule has 2 heterocycles. The molecule has 2 aromatic rings. The standard InChI is InChI=1S/C21H27N5O3/c1-2-18-17(11-23-26(18)19-5-3-4-8-22-19)21(29)24-15-9-16(10-15)25(13-20(27)28)12-14-6-7-14/h3-5,8,11,14-16H,2,6-7,9-10,12-13H2,1H3,(H,24,29)(H,27,28). The van der Waals surface area contributed by atoms with E-state index >= 15 is 0 Å². The van der Waals surface area contributed by atoms with Crippen LogP contribution in [0.4, 0.5) is 0 Å². The highest BCUT2D eigenvalue weighted by atomic mass is 16.4. The van der Waals surface area contributed by atoms with Gasteiger partial charge in [-0.05, 0) is 50.2 Å². The second kappa shape index (κ2) is 8.32. The maximum Gasteiger partial charge on any atom is 0.317 e. The second-order valence-corrected chi connectivity index (χ2v) is 8.02. The minimum absolute atomic E-state index is 0.0749. The number of carboxylic acid groups (broad SMARTS) is 1. The van der Waals surface area contributed by atoms with Crippen LogP contribution in [-0.4, -0.2) is 61.8 Å². The maximum atomic E-state index is 12.8. The van der Waals surface area contributed by atoms with Crippen molar-refractivity contribution in [2.45, 2.75) is 51.1 Å². The van der Waals surface area contributed by atoms with E-state index in [-0.39, 0.29) is 24.5 Å². The van der Waals surface area contributed by atoms with Crippen LogP contribution >= 0.6 is 0 Å². The predicted molar refractivity (Wildman–Crippen MR) is 107 cm³/mol. The van der Waals surface area contributed by atoms with Crippen LogP contribution in [0.1, 0.15) is 48.7 Å². The average molecular weight is 397 g/mol. The smallest absolute Gasteiger partial charge is 0.317 e. The van der Waals surface area contributed by atoms with Crippen molar-refractivity contribution in [3.63, 3.8) is 0 Å². The number of amides is 1. The first-order valence-corrected chi connectivity index (χ1v) is 10.3. The first-order chi connectivity index (χ1) is 14.0. The van der Waals surface area contributed by atoms with Crippen molar-refractivity contribution in [1.29, 1.82) is 0 Å². The number of carbonyl (C=O) groups is 2. The van der Waals surface area contributed by atoms with Crippen LogP contribution in [0.15, 0.2) is 30.6 Å². The molecule has 2 fully saturated rings. The Morgan fingerprint density at radius 3 is 2.72 bits per heavy atom. The Bertz CT molecular complexity index is 872. The lowest BCUT2D eigenvalue weighted by atomic mass is 9.85. The van der Waals surface area contributed by atoms with Crippen LogP contribution in [0.5, 0.6) is 0 Å². The molecule has 0 atom stereocenters. The van der Waals surface area contributed by atoms with Crippen LogP contribution < -0.4 is 5.32 Å². The third-order valence-corrected chi connectivity index (χ3v) is 5.81. The Labute approximate surface area is 169 Å². The van der Waals surface area contributed by atoms with Crippen molar-refractivity contribution in [3.05, 3.63) is 41.9 Å². The Morgan fingerprint density at radius 1 is 1.31 bits per heavy atom. The van der Waals surface area contributed by atoms with E-state index in [1.54, 1.807) is 17.1 Å². The van der Waals surface area contributed by atoms with Crippen molar-refractivity contribution in [3.8, 4) is 5.82 Å². The summed E-state index contributed by atoms with van der Waals surface area (Å²) in [6.45, 7) is 2.93. The molecule has 0 saturated heterocycles. The molecule has 1 amide bonds. The Kier molecular flexibility index (Phi) is 5.62. The van der Waals surface area contributed by atoms with E-state index in [1.165, 1.54) is 12.8 Å². The molecule has 0 spiro atoms. The molecular formula is C21H27N5O3. The molecule has 0 radical (unpaired) electrons. The minimum Gasteiger partial charge on any atom is -0.480 e. The molecule has 0 aliphatic heterocycles. The normalized spacial score (nSPS) is 21.0. The number of rotatable bonds is 9. The molecule has 0 unspecified atom stereocenters. The fourth-order valence-electron chi connectivity index (χ4n) is 4.00. The topological polar surface area (TPSA) is 100 Å². The number of aliphatic carboxylic acids is 1. The quantitative estimate of drug-likeness (QED) is 0.670. The number of nitrogens with one attached hydrogen (secondary N) is 1. The van der Waals surface area contributed by atoms with Gasteiger partial charge in [0.25, 0.3) is 5.91 Å². The predicted octanol–water partition coefficient (Wildman–Crippen LogP) is 1.89. The maximum absolute atomic E-state index is 12.8.